The molecule has 1 aromatic carbocycles. The van der Waals surface area contributed by atoms with Gasteiger partial charge in [-0.2, -0.15) is 0 Å². The van der Waals surface area contributed by atoms with Gasteiger partial charge in [0.05, 0.1) is 12.7 Å². The molecule has 0 aliphatic heterocycles. The molecular weight excluding hydrogens is 254 g/mol. The average molecular weight is 273 g/mol. The summed E-state index contributed by atoms with van der Waals surface area (Å²) in [7, 11) is 1.61. The van der Waals surface area contributed by atoms with Crippen LogP contribution in [-0.2, 0) is 0 Å². The summed E-state index contributed by atoms with van der Waals surface area (Å²) < 4.78 is 11.2. The smallest absolute Gasteiger partial charge is 0.251 e. The van der Waals surface area contributed by atoms with E-state index in [4.69, 9.17) is 14.9 Å². The molecule has 5 heteroatoms. The van der Waals surface area contributed by atoms with Gasteiger partial charge < -0.3 is 14.9 Å². The van der Waals surface area contributed by atoms with E-state index in [1.54, 1.807) is 13.2 Å². The molecule has 1 heterocycles. The van der Waals surface area contributed by atoms with Gasteiger partial charge in [0.2, 0.25) is 5.89 Å². The summed E-state index contributed by atoms with van der Waals surface area (Å²) in [5, 5.41) is 8.37. The van der Waals surface area contributed by atoms with Gasteiger partial charge in [0, 0.05) is 17.7 Å². The van der Waals surface area contributed by atoms with Crippen molar-refractivity contribution >= 4 is 5.69 Å². The highest BCUT2D eigenvalue weighted by atomic mass is 16.5. The minimum atomic E-state index is 0.407. The first-order valence-corrected chi connectivity index (χ1v) is 7.05. The van der Waals surface area contributed by atoms with Crippen LogP contribution in [0.25, 0.3) is 11.5 Å². The first kappa shape index (κ1) is 13.0. The summed E-state index contributed by atoms with van der Waals surface area (Å²) in [6.07, 6.45) is 6.07. The normalized spacial score (nSPS) is 16.2. The number of nitrogens with two attached hydrogens (primary N) is 1. The first-order valence-electron chi connectivity index (χ1n) is 7.05. The van der Waals surface area contributed by atoms with E-state index in [0.717, 1.165) is 24.3 Å². The minimum absolute atomic E-state index is 0.407. The van der Waals surface area contributed by atoms with Crippen molar-refractivity contribution in [3.05, 3.63) is 24.1 Å². The van der Waals surface area contributed by atoms with Crippen molar-refractivity contribution in [3.8, 4) is 17.2 Å². The van der Waals surface area contributed by atoms with Crippen LogP contribution < -0.4 is 10.5 Å². The van der Waals surface area contributed by atoms with E-state index in [9.17, 15) is 0 Å². The summed E-state index contributed by atoms with van der Waals surface area (Å²) >= 11 is 0. The zero-order valence-corrected chi connectivity index (χ0v) is 11.6. The molecule has 1 fully saturated rings. The van der Waals surface area contributed by atoms with Crippen molar-refractivity contribution in [3.63, 3.8) is 0 Å². The van der Waals surface area contributed by atoms with Crippen molar-refractivity contribution in [1.29, 1.82) is 0 Å². The molecule has 0 saturated heterocycles. The Morgan fingerprint density at radius 1 is 1.20 bits per heavy atom. The van der Waals surface area contributed by atoms with E-state index in [0.29, 0.717) is 23.2 Å². The molecule has 3 rings (SSSR count). The maximum atomic E-state index is 5.85. The largest absolute Gasteiger partial charge is 0.496 e. The highest BCUT2D eigenvalue weighted by Gasteiger charge is 2.22. The Kier molecular flexibility index (Phi) is 3.58. The van der Waals surface area contributed by atoms with Crippen molar-refractivity contribution < 1.29 is 9.15 Å². The molecule has 2 aromatic rings. The fourth-order valence-corrected chi connectivity index (χ4v) is 2.74. The Morgan fingerprint density at radius 3 is 2.75 bits per heavy atom. The highest BCUT2D eigenvalue weighted by molar-refractivity contribution is 5.66. The Labute approximate surface area is 118 Å². The van der Waals surface area contributed by atoms with E-state index in [-0.39, 0.29) is 0 Å². The number of benzene rings is 1. The Balaban J connectivity index is 1.89. The number of hydrogen-bond acceptors (Lipinski definition) is 5. The van der Waals surface area contributed by atoms with Crippen molar-refractivity contribution in [2.45, 2.75) is 38.0 Å². The molecule has 0 unspecified atom stereocenters. The van der Waals surface area contributed by atoms with Crippen molar-refractivity contribution in [2.75, 3.05) is 12.8 Å². The molecule has 1 aromatic heterocycles. The molecule has 0 spiro atoms. The minimum Gasteiger partial charge on any atom is -0.496 e. The molecule has 1 aliphatic rings. The van der Waals surface area contributed by atoms with Gasteiger partial charge in [0.15, 0.2) is 0 Å². The third-order valence-corrected chi connectivity index (χ3v) is 3.85. The third kappa shape index (κ3) is 2.48. The summed E-state index contributed by atoms with van der Waals surface area (Å²) in [4.78, 5) is 0. The lowest BCUT2D eigenvalue weighted by atomic mass is 9.89. The van der Waals surface area contributed by atoms with Crippen LogP contribution in [0.3, 0.4) is 0 Å². The topological polar surface area (TPSA) is 74.2 Å². The Bertz CT molecular complexity index is 589. The van der Waals surface area contributed by atoms with E-state index >= 15 is 0 Å². The molecule has 2 N–H and O–H groups in total. The van der Waals surface area contributed by atoms with Crippen LogP contribution in [0.15, 0.2) is 22.6 Å². The van der Waals surface area contributed by atoms with Crippen LogP contribution in [0.1, 0.15) is 43.9 Å². The van der Waals surface area contributed by atoms with Gasteiger partial charge >= 0.3 is 0 Å². The van der Waals surface area contributed by atoms with Gasteiger partial charge in [-0.1, -0.05) is 19.3 Å². The van der Waals surface area contributed by atoms with Gasteiger partial charge in [-0.05, 0) is 25.0 Å². The Morgan fingerprint density at radius 2 is 2.00 bits per heavy atom. The summed E-state index contributed by atoms with van der Waals surface area (Å²) in [6.45, 7) is 0. The number of nitrogens with zero attached hydrogens (tertiary/aromatic N) is 2. The second kappa shape index (κ2) is 5.53. The lowest BCUT2D eigenvalue weighted by Crippen LogP contribution is -2.04. The number of ether oxygens (including phenoxy) is 1. The first-order chi connectivity index (χ1) is 9.78. The van der Waals surface area contributed by atoms with E-state index < -0.39 is 0 Å². The summed E-state index contributed by atoms with van der Waals surface area (Å²) in [5.74, 6) is 2.31. The molecule has 0 amide bonds. The fourth-order valence-electron chi connectivity index (χ4n) is 2.74. The van der Waals surface area contributed by atoms with E-state index in [1.165, 1.54) is 19.3 Å². The Hall–Kier alpha value is -2.04. The predicted molar refractivity (Wildman–Crippen MR) is 76.5 cm³/mol. The van der Waals surface area contributed by atoms with Gasteiger partial charge in [-0.3, -0.25) is 0 Å². The highest BCUT2D eigenvalue weighted by Crippen LogP contribution is 2.35. The molecule has 5 nitrogen and oxygen atoms in total. The quantitative estimate of drug-likeness (QED) is 0.868. The number of anilines is 1. The van der Waals surface area contributed by atoms with Crippen LogP contribution in [0.2, 0.25) is 0 Å². The maximum absolute atomic E-state index is 5.85. The van der Waals surface area contributed by atoms with Gasteiger partial charge in [0.25, 0.3) is 5.89 Å². The van der Waals surface area contributed by atoms with Crippen LogP contribution in [0, 0.1) is 0 Å². The zero-order chi connectivity index (χ0) is 13.9. The van der Waals surface area contributed by atoms with Crippen LogP contribution >= 0.6 is 0 Å². The summed E-state index contributed by atoms with van der Waals surface area (Å²) in [5.41, 5.74) is 7.20. The van der Waals surface area contributed by atoms with Gasteiger partial charge in [0.1, 0.15) is 5.75 Å². The second-order valence-corrected chi connectivity index (χ2v) is 5.24. The van der Waals surface area contributed by atoms with Gasteiger partial charge in [-0.25, -0.2) is 0 Å². The number of nitrogen functional groups attached to an aromatic ring is 1. The standard InChI is InChI=1S/C15H19N3O2/c1-19-13-9-11(16)7-8-12(13)15-18-17-14(20-15)10-5-3-2-4-6-10/h7-10H,2-6,16H2,1H3. The lowest BCUT2D eigenvalue weighted by Gasteiger charge is -2.17. The average Bonchev–Trinajstić information content (AvgIpc) is 2.97. The monoisotopic (exact) mass is 273 g/mol. The molecule has 20 heavy (non-hydrogen) atoms. The molecule has 0 bridgehead atoms. The van der Waals surface area contributed by atoms with Crippen LogP contribution in [-0.4, -0.2) is 17.3 Å². The predicted octanol–water partition coefficient (Wildman–Crippen LogP) is 3.38. The van der Waals surface area contributed by atoms with Crippen molar-refractivity contribution in [1.82, 2.24) is 10.2 Å². The van der Waals surface area contributed by atoms with E-state index in [2.05, 4.69) is 10.2 Å². The molecule has 0 atom stereocenters. The third-order valence-electron chi connectivity index (χ3n) is 3.85. The lowest BCUT2D eigenvalue weighted by molar-refractivity contribution is 0.366. The van der Waals surface area contributed by atoms with E-state index in [1.807, 2.05) is 12.1 Å². The maximum Gasteiger partial charge on any atom is 0.251 e. The number of methoxy groups -OCH3 is 1. The molecule has 1 saturated carbocycles. The van der Waals surface area contributed by atoms with Crippen LogP contribution in [0.5, 0.6) is 5.75 Å². The summed E-state index contributed by atoms with van der Waals surface area (Å²) in [6, 6.07) is 5.43. The number of rotatable bonds is 3. The molecule has 106 valence electrons. The molecular formula is C15H19N3O2. The number of hydrogen-bond donors (Lipinski definition) is 1. The molecule has 1 aliphatic carbocycles. The van der Waals surface area contributed by atoms with Crippen molar-refractivity contribution in [2.24, 2.45) is 0 Å². The second-order valence-electron chi connectivity index (χ2n) is 5.24. The number of aromatic nitrogens is 2. The SMILES string of the molecule is COc1cc(N)ccc1-c1nnc(C2CCCCC2)o1. The molecule has 0 radical (unpaired) electrons. The van der Waals surface area contributed by atoms with Crippen LogP contribution in [0.4, 0.5) is 5.69 Å². The zero-order valence-electron chi connectivity index (χ0n) is 11.6. The fraction of sp³-hybridized carbons (Fsp3) is 0.467. The van der Waals surface area contributed by atoms with Gasteiger partial charge in [-0.15, -0.1) is 10.2 Å².